The minimum atomic E-state index is -5.66. The predicted molar refractivity (Wildman–Crippen MR) is 60.3 cm³/mol. The molecule has 0 spiro atoms. The Kier molecular flexibility index (Phi) is 4.63. The Labute approximate surface area is 140 Å². The fourth-order valence-corrected chi connectivity index (χ4v) is 1.92. The SMILES string of the molecule is FC(F)(F)C1=C[O+]=C(C(F)(F)F)C1=C=C1C(C(F)(F)F)=CO[C-]1C(F)(F)F. The van der Waals surface area contributed by atoms with Gasteiger partial charge in [0.15, 0.2) is 5.57 Å². The van der Waals surface area contributed by atoms with Crippen molar-refractivity contribution in [2.75, 3.05) is 0 Å². The third-order valence-corrected chi connectivity index (χ3v) is 2.96. The summed E-state index contributed by atoms with van der Waals surface area (Å²) in [5.74, 6) is -2.47. The zero-order chi connectivity index (χ0) is 21.0. The summed E-state index contributed by atoms with van der Waals surface area (Å²) in [6.45, 7) is 0. The number of alkyl halides is 12. The molecule has 0 aliphatic carbocycles. The number of ether oxygens (including phenoxy) is 1. The highest BCUT2D eigenvalue weighted by Gasteiger charge is 2.57. The highest BCUT2D eigenvalue weighted by atomic mass is 19.4. The van der Waals surface area contributed by atoms with Crippen LogP contribution in [0.1, 0.15) is 0 Å². The van der Waals surface area contributed by atoms with Gasteiger partial charge in [0, 0.05) is 6.26 Å². The lowest BCUT2D eigenvalue weighted by Gasteiger charge is -2.24. The maximum Gasteiger partial charge on any atom is 0.510 e. The van der Waals surface area contributed by atoms with Crippen LogP contribution in [0.5, 0.6) is 0 Å². The van der Waals surface area contributed by atoms with E-state index in [0.29, 0.717) is 0 Å². The molecule has 0 bridgehead atoms. The monoisotopic (exact) mass is 418 g/mol. The second-order valence-corrected chi connectivity index (χ2v) is 4.82. The van der Waals surface area contributed by atoms with Crippen LogP contribution >= 0.6 is 0 Å². The largest absolute Gasteiger partial charge is 0.529 e. The van der Waals surface area contributed by atoms with Crippen LogP contribution in [0, 0.1) is 6.10 Å². The molecule has 0 amide bonds. The smallest absolute Gasteiger partial charge is 0.510 e. The Morgan fingerprint density at radius 1 is 0.778 bits per heavy atom. The average Bonchev–Trinajstić information content (AvgIpc) is 2.99. The number of halogens is 12. The zero-order valence-corrected chi connectivity index (χ0v) is 12.0. The van der Waals surface area contributed by atoms with E-state index < -0.39 is 71.4 Å². The average molecular weight is 418 g/mol. The summed E-state index contributed by atoms with van der Waals surface area (Å²) in [5.41, 5.74) is -7.98. The molecule has 0 atom stereocenters. The van der Waals surface area contributed by atoms with Crippen molar-refractivity contribution in [1.29, 1.82) is 0 Å². The molecular weight excluding hydrogens is 416 g/mol. The van der Waals surface area contributed by atoms with E-state index in [-0.39, 0.29) is 0 Å². The van der Waals surface area contributed by atoms with Crippen molar-refractivity contribution in [3.05, 3.63) is 46.7 Å². The summed E-state index contributed by atoms with van der Waals surface area (Å²) in [6, 6.07) is 0. The van der Waals surface area contributed by atoms with Gasteiger partial charge < -0.3 is 4.74 Å². The topological polar surface area (TPSA) is 20.5 Å². The first-order valence-electron chi connectivity index (χ1n) is 6.22. The molecule has 2 rings (SSSR count). The van der Waals surface area contributed by atoms with E-state index in [1.807, 2.05) is 0 Å². The molecule has 0 N–H and O–H groups in total. The van der Waals surface area contributed by atoms with Crippen LogP contribution in [0.15, 0.2) is 40.5 Å². The molecule has 27 heavy (non-hydrogen) atoms. The lowest BCUT2D eigenvalue weighted by Crippen LogP contribution is -2.28. The number of hydrogen-bond acceptors (Lipinski definition) is 1. The van der Waals surface area contributed by atoms with Crippen molar-refractivity contribution < 1.29 is 61.8 Å². The van der Waals surface area contributed by atoms with Gasteiger partial charge in [0.2, 0.25) is 0 Å². The predicted octanol–water partition coefficient (Wildman–Crippen LogP) is 5.14. The molecule has 0 radical (unpaired) electrons. The summed E-state index contributed by atoms with van der Waals surface area (Å²) in [4.78, 5) is 0. The fourth-order valence-electron chi connectivity index (χ4n) is 1.92. The summed E-state index contributed by atoms with van der Waals surface area (Å²) >= 11 is 0. The first-order chi connectivity index (χ1) is 11.9. The van der Waals surface area contributed by atoms with Crippen LogP contribution in [0.4, 0.5) is 52.7 Å². The molecule has 2 nitrogen and oxygen atoms in total. The van der Waals surface area contributed by atoms with Gasteiger partial charge in [-0.25, -0.2) is 4.42 Å². The van der Waals surface area contributed by atoms with Gasteiger partial charge in [0.1, 0.15) is 6.10 Å². The molecule has 0 aromatic heterocycles. The van der Waals surface area contributed by atoms with Crippen molar-refractivity contribution >= 4 is 5.78 Å². The highest BCUT2D eigenvalue weighted by molar-refractivity contribution is 6.05. The van der Waals surface area contributed by atoms with Crippen molar-refractivity contribution in [2.45, 2.75) is 24.7 Å². The van der Waals surface area contributed by atoms with Crippen molar-refractivity contribution in [3.63, 3.8) is 0 Å². The Balaban J connectivity index is 2.81. The normalized spacial score (nSPS) is 19.0. The van der Waals surface area contributed by atoms with E-state index >= 15 is 0 Å². The van der Waals surface area contributed by atoms with E-state index in [0.717, 1.165) is 5.73 Å². The molecule has 2 aliphatic rings. The second kappa shape index (κ2) is 6.01. The molecule has 150 valence electrons. The maximum absolute atomic E-state index is 12.8. The van der Waals surface area contributed by atoms with Crippen LogP contribution in [-0.4, -0.2) is 30.5 Å². The van der Waals surface area contributed by atoms with E-state index in [1.54, 1.807) is 0 Å². The van der Waals surface area contributed by atoms with Gasteiger partial charge in [0.05, 0.1) is 5.57 Å². The lowest BCUT2D eigenvalue weighted by atomic mass is 9.98. The zero-order valence-electron chi connectivity index (χ0n) is 12.0. The van der Waals surface area contributed by atoms with Crippen LogP contribution in [0.2, 0.25) is 0 Å². The van der Waals surface area contributed by atoms with Crippen LogP contribution < -0.4 is 0 Å². The molecule has 0 aromatic rings. The van der Waals surface area contributed by atoms with Crippen molar-refractivity contribution in [3.8, 4) is 0 Å². The van der Waals surface area contributed by atoms with E-state index in [9.17, 15) is 52.7 Å². The fraction of sp³-hybridized carbons (Fsp3) is 0.308. The maximum atomic E-state index is 12.8. The van der Waals surface area contributed by atoms with Gasteiger partial charge in [-0.1, -0.05) is 5.57 Å². The third-order valence-electron chi connectivity index (χ3n) is 2.96. The van der Waals surface area contributed by atoms with Gasteiger partial charge in [-0.3, -0.25) is 5.73 Å². The Bertz CT molecular complexity index is 759. The van der Waals surface area contributed by atoms with Crippen molar-refractivity contribution in [1.82, 2.24) is 0 Å². The molecule has 0 saturated heterocycles. The Morgan fingerprint density at radius 2 is 1.30 bits per heavy atom. The number of ketones is 1. The third kappa shape index (κ3) is 4.10. The van der Waals surface area contributed by atoms with E-state index in [2.05, 4.69) is 9.16 Å². The number of rotatable bonds is 0. The summed E-state index contributed by atoms with van der Waals surface area (Å²) in [6.07, 6.45) is -26.0. The molecule has 0 saturated carbocycles. The summed E-state index contributed by atoms with van der Waals surface area (Å²) < 4.78 is 161. The number of carbonyl (C=O) groups excluding carboxylic acids is 1. The molecular formula is C13H2F12O2. The van der Waals surface area contributed by atoms with Crippen LogP contribution in [0.25, 0.3) is 0 Å². The standard InChI is InChI=1S/C13H2F12O2/c14-10(15,16)6-2-26-8(12(20,21)22)4(6)1-5-7(11(17,18)19)3-27-9(5)13(23,24)25/h2-3H. The molecule has 14 heteroatoms. The van der Waals surface area contributed by atoms with E-state index in [4.69, 9.17) is 0 Å². The minimum absolute atomic E-state index is 0.494. The van der Waals surface area contributed by atoms with Gasteiger partial charge >= 0.3 is 36.8 Å². The van der Waals surface area contributed by atoms with Crippen molar-refractivity contribution in [2.24, 2.45) is 0 Å². The molecule has 0 aromatic carbocycles. The number of allylic oxidation sites excluding steroid dienone is 1. The lowest BCUT2D eigenvalue weighted by molar-refractivity contribution is -0.382. The van der Waals surface area contributed by atoms with E-state index in [1.165, 1.54) is 0 Å². The molecule has 2 heterocycles. The first-order valence-corrected chi connectivity index (χ1v) is 6.22. The highest BCUT2D eigenvalue weighted by Crippen LogP contribution is 2.48. The summed E-state index contributed by atoms with van der Waals surface area (Å²) in [5, 5.41) is 0. The molecule has 2 aliphatic heterocycles. The molecule has 0 unspecified atom stereocenters. The van der Waals surface area contributed by atoms with Gasteiger partial charge in [-0.2, -0.15) is 52.7 Å². The Hall–Kier alpha value is -2.50. The van der Waals surface area contributed by atoms with Gasteiger partial charge in [-0.15, -0.1) is 0 Å². The Morgan fingerprint density at radius 3 is 1.70 bits per heavy atom. The number of hydrogen-bond donors (Lipinski definition) is 0. The second-order valence-electron chi connectivity index (χ2n) is 4.82. The van der Waals surface area contributed by atoms with Crippen LogP contribution in [0.3, 0.4) is 0 Å². The molecule has 0 fully saturated rings. The minimum Gasteiger partial charge on any atom is -0.529 e. The van der Waals surface area contributed by atoms with Crippen LogP contribution in [-0.2, 0) is 9.16 Å². The quantitative estimate of drug-likeness (QED) is 0.176. The van der Waals surface area contributed by atoms with Gasteiger partial charge in [0.25, 0.3) is 0 Å². The van der Waals surface area contributed by atoms with Gasteiger partial charge in [-0.05, 0) is 5.57 Å². The summed E-state index contributed by atoms with van der Waals surface area (Å²) in [7, 11) is 0. The first kappa shape index (κ1) is 20.8.